The normalized spacial score (nSPS) is 13.4. The van der Waals surface area contributed by atoms with E-state index < -0.39 is 27.6 Å². The van der Waals surface area contributed by atoms with Crippen LogP contribution >= 0.6 is 31.6 Å². The number of carbonyl (C=O) groups is 2. The maximum atomic E-state index is 11.5. The molecule has 14 nitrogen and oxygen atoms in total. The van der Waals surface area contributed by atoms with Crippen LogP contribution < -0.4 is 0 Å². The standard InChI is InChI=1S/C11H24NO6P.C6H11BrO2.C5H14NO4P/c1-12(2,3)8-10-18-19(15,16)17-9-6-4-5-7-11(13)14;7-5-3-1-2-4-6(8)9;1-6(2,3)4-5-10-11(7,8)9/h4-10H2,1-3H3,(H-,13,14,15,16);1-5H2,(H,8,9);4-5H2,1-3H3,(H-,7,8,9)/p+2. The lowest BCUT2D eigenvalue weighted by Gasteiger charge is -2.24. The van der Waals surface area contributed by atoms with Crippen LogP contribution in [-0.4, -0.2) is 126 Å². The Hall–Kier alpha value is -0.440. The van der Waals surface area contributed by atoms with Crippen LogP contribution in [0.15, 0.2) is 0 Å². The maximum Gasteiger partial charge on any atom is 0.472 e. The summed E-state index contributed by atoms with van der Waals surface area (Å²) in [4.78, 5) is 46.2. The summed E-state index contributed by atoms with van der Waals surface area (Å²) in [5.74, 6) is -1.53. The first-order chi connectivity index (χ1) is 17.6. The van der Waals surface area contributed by atoms with Crippen molar-refractivity contribution < 1.29 is 66.1 Å². The highest BCUT2D eigenvalue weighted by Gasteiger charge is 2.22. The summed E-state index contributed by atoms with van der Waals surface area (Å²) in [6, 6.07) is 0. The van der Waals surface area contributed by atoms with Crippen molar-refractivity contribution in [1.82, 2.24) is 0 Å². The molecule has 0 bridgehead atoms. The van der Waals surface area contributed by atoms with Gasteiger partial charge in [-0.15, -0.1) is 0 Å². The minimum Gasteiger partial charge on any atom is -0.481 e. The molecule has 0 aromatic heterocycles. The summed E-state index contributed by atoms with van der Waals surface area (Å²) in [6.45, 7) is 1.50. The zero-order valence-electron chi connectivity index (χ0n) is 24.2. The lowest BCUT2D eigenvalue weighted by Crippen LogP contribution is -2.37. The van der Waals surface area contributed by atoms with Gasteiger partial charge in [0, 0.05) is 18.2 Å². The van der Waals surface area contributed by atoms with E-state index in [1.165, 1.54) is 0 Å². The number of nitrogens with zero attached hydrogens (tertiary/aromatic N) is 2. The van der Waals surface area contributed by atoms with Gasteiger partial charge in [0.05, 0.1) is 48.9 Å². The van der Waals surface area contributed by atoms with E-state index in [0.29, 0.717) is 47.7 Å². The average molecular weight is 678 g/mol. The third-order valence-corrected chi connectivity index (χ3v) is 6.45. The average Bonchev–Trinajstić information content (AvgIpc) is 2.71. The molecule has 5 N–H and O–H groups in total. The summed E-state index contributed by atoms with van der Waals surface area (Å²) >= 11 is 3.27. The topological polar surface area (TPSA) is 197 Å². The van der Waals surface area contributed by atoms with E-state index in [1.807, 2.05) is 42.3 Å². The number of alkyl halides is 1. The van der Waals surface area contributed by atoms with E-state index in [-0.39, 0.29) is 26.2 Å². The van der Waals surface area contributed by atoms with Gasteiger partial charge in [0.15, 0.2) is 0 Å². The smallest absolute Gasteiger partial charge is 0.472 e. The molecule has 39 heavy (non-hydrogen) atoms. The number of hydrogen-bond acceptors (Lipinski definition) is 7. The minimum absolute atomic E-state index is 0.0772. The van der Waals surface area contributed by atoms with E-state index in [1.54, 1.807) is 0 Å². The van der Waals surface area contributed by atoms with Gasteiger partial charge in [0.1, 0.15) is 26.3 Å². The van der Waals surface area contributed by atoms with Crippen LogP contribution in [0, 0.1) is 0 Å². The highest BCUT2D eigenvalue weighted by atomic mass is 79.9. The van der Waals surface area contributed by atoms with Crippen LogP contribution in [-0.2, 0) is 32.3 Å². The number of likely N-dealkylation sites (N-methyl/N-ethyl adjacent to an activating group) is 2. The number of phosphoric acid groups is 2. The highest BCUT2D eigenvalue weighted by molar-refractivity contribution is 9.09. The molecule has 0 amide bonds. The third kappa shape index (κ3) is 47.7. The molecule has 0 radical (unpaired) electrons. The fourth-order valence-corrected chi connectivity index (χ4v) is 3.65. The molecule has 1 unspecified atom stereocenters. The third-order valence-electron chi connectivity index (χ3n) is 4.35. The van der Waals surface area contributed by atoms with Crippen molar-refractivity contribution in [1.29, 1.82) is 0 Å². The monoisotopic (exact) mass is 676 g/mol. The number of halogens is 1. The Balaban J connectivity index is -0.000000549. The van der Waals surface area contributed by atoms with Crippen LogP contribution in [0.25, 0.3) is 0 Å². The van der Waals surface area contributed by atoms with Crippen molar-refractivity contribution in [3.05, 3.63) is 0 Å². The van der Waals surface area contributed by atoms with Crippen LogP contribution in [0.4, 0.5) is 0 Å². The largest absolute Gasteiger partial charge is 0.481 e. The molecule has 0 heterocycles. The Bertz CT molecular complexity index is 740. The number of carboxylic acids is 2. The lowest BCUT2D eigenvalue weighted by atomic mass is 10.2. The quantitative estimate of drug-likeness (QED) is 0.0547. The van der Waals surface area contributed by atoms with Gasteiger partial charge in [-0.2, -0.15) is 0 Å². The van der Waals surface area contributed by atoms with E-state index in [2.05, 4.69) is 20.5 Å². The van der Waals surface area contributed by atoms with Crippen LogP contribution in [0.3, 0.4) is 0 Å². The molecular formula is C22H51BrN2O12P2+2. The first kappa shape index (κ1) is 43.0. The summed E-state index contributed by atoms with van der Waals surface area (Å²) in [5.41, 5.74) is 0. The molecule has 0 rings (SSSR count). The molecule has 0 aliphatic carbocycles. The Kier molecular flexibility index (Phi) is 25.5. The van der Waals surface area contributed by atoms with Crippen LogP contribution in [0.2, 0.25) is 0 Å². The number of unbranched alkanes of at least 4 members (excludes halogenated alkanes) is 4. The molecule has 0 aromatic rings. The number of carboxylic acid groups (broad SMARTS) is 2. The Morgan fingerprint density at radius 1 is 0.641 bits per heavy atom. The first-order valence-electron chi connectivity index (χ1n) is 12.5. The number of phosphoric ester groups is 2. The van der Waals surface area contributed by atoms with Gasteiger partial charge in [-0.1, -0.05) is 28.8 Å². The predicted octanol–water partition coefficient (Wildman–Crippen LogP) is 3.30. The van der Waals surface area contributed by atoms with Crippen LogP contribution in [0.1, 0.15) is 51.4 Å². The molecule has 0 fully saturated rings. The number of quaternary nitrogens is 2. The fraction of sp³-hybridized carbons (Fsp3) is 0.909. The Labute approximate surface area is 241 Å². The SMILES string of the molecule is C[N+](C)(C)CCOP(=O)(O)O.C[N+](C)(C)CCOP(=O)(O)OCCCCCC(=O)O.O=C(O)CCCCCBr. The summed E-state index contributed by atoms with van der Waals surface area (Å²) in [6.07, 6.45) is 5.04. The van der Waals surface area contributed by atoms with E-state index in [0.717, 1.165) is 24.6 Å². The first-order valence-corrected chi connectivity index (χ1v) is 16.7. The van der Waals surface area contributed by atoms with Gasteiger partial charge in [0.2, 0.25) is 0 Å². The van der Waals surface area contributed by atoms with Gasteiger partial charge in [-0.05, 0) is 25.7 Å². The molecule has 0 spiro atoms. The molecule has 0 saturated heterocycles. The second-order valence-electron chi connectivity index (χ2n) is 10.6. The van der Waals surface area contributed by atoms with Crippen molar-refractivity contribution in [2.24, 2.45) is 0 Å². The van der Waals surface area contributed by atoms with Gasteiger partial charge >= 0.3 is 27.6 Å². The second kappa shape index (κ2) is 23.2. The van der Waals surface area contributed by atoms with E-state index in [4.69, 9.17) is 29.0 Å². The molecule has 17 heteroatoms. The Morgan fingerprint density at radius 2 is 1.03 bits per heavy atom. The zero-order chi connectivity index (χ0) is 31.2. The molecule has 0 saturated carbocycles. The zero-order valence-corrected chi connectivity index (χ0v) is 27.5. The van der Waals surface area contributed by atoms with Gasteiger partial charge in [-0.25, -0.2) is 9.13 Å². The van der Waals surface area contributed by atoms with Gasteiger partial charge in [-0.3, -0.25) is 23.2 Å². The van der Waals surface area contributed by atoms with Crippen molar-refractivity contribution >= 4 is 43.5 Å². The highest BCUT2D eigenvalue weighted by Crippen LogP contribution is 2.43. The second-order valence-corrected chi connectivity index (χ2v) is 14.1. The molecule has 236 valence electrons. The maximum absolute atomic E-state index is 11.5. The molecule has 0 aromatic carbocycles. The molecular weight excluding hydrogens is 626 g/mol. The molecule has 0 aliphatic heterocycles. The minimum atomic E-state index is -4.26. The predicted molar refractivity (Wildman–Crippen MR) is 152 cm³/mol. The Morgan fingerprint density at radius 3 is 1.38 bits per heavy atom. The van der Waals surface area contributed by atoms with Gasteiger partial charge in [0.25, 0.3) is 0 Å². The lowest BCUT2D eigenvalue weighted by molar-refractivity contribution is -0.870. The van der Waals surface area contributed by atoms with Crippen molar-refractivity contribution in [3.8, 4) is 0 Å². The summed E-state index contributed by atoms with van der Waals surface area (Å²) in [5, 5.41) is 17.6. The van der Waals surface area contributed by atoms with Crippen molar-refractivity contribution in [2.75, 3.05) is 80.5 Å². The van der Waals surface area contributed by atoms with E-state index in [9.17, 15) is 23.6 Å². The molecule has 0 aliphatic rings. The van der Waals surface area contributed by atoms with Crippen LogP contribution in [0.5, 0.6) is 0 Å². The number of aliphatic carboxylic acids is 2. The number of rotatable bonds is 20. The molecule has 1 atom stereocenters. The fourth-order valence-electron chi connectivity index (χ4n) is 2.18. The number of hydrogen-bond donors (Lipinski definition) is 5. The van der Waals surface area contributed by atoms with Crippen molar-refractivity contribution in [3.63, 3.8) is 0 Å². The summed E-state index contributed by atoms with van der Waals surface area (Å²) < 4.78 is 36.8. The van der Waals surface area contributed by atoms with Crippen molar-refractivity contribution in [2.45, 2.75) is 51.4 Å². The van der Waals surface area contributed by atoms with E-state index >= 15 is 0 Å². The van der Waals surface area contributed by atoms with Gasteiger partial charge < -0.3 is 33.9 Å². The summed E-state index contributed by atoms with van der Waals surface area (Å²) in [7, 11) is 3.38.